The van der Waals surface area contributed by atoms with Crippen LogP contribution in [0.3, 0.4) is 0 Å². The van der Waals surface area contributed by atoms with E-state index in [1.165, 1.54) is 37.0 Å². The topological polar surface area (TPSA) is 29.5 Å². The molecule has 94 valence electrons. The van der Waals surface area contributed by atoms with Crippen LogP contribution in [0, 0.1) is 0 Å². The Balaban J connectivity index is 2.58. The number of nitrogens with zero attached hydrogens (tertiary/aromatic N) is 1. The van der Waals surface area contributed by atoms with Crippen molar-refractivity contribution in [1.29, 1.82) is 0 Å². The van der Waals surface area contributed by atoms with E-state index < -0.39 is 0 Å². The van der Waals surface area contributed by atoms with Crippen molar-refractivity contribution in [3.63, 3.8) is 0 Å². The van der Waals surface area contributed by atoms with Crippen LogP contribution in [0.4, 0.5) is 0 Å². The van der Waals surface area contributed by atoms with Crippen molar-refractivity contribution in [2.45, 2.75) is 32.6 Å². The summed E-state index contributed by atoms with van der Waals surface area (Å²) in [6.45, 7) is 2.20. The van der Waals surface area contributed by atoms with Crippen LogP contribution in [0.15, 0.2) is 24.3 Å². The molecule has 0 unspecified atom stereocenters. The highest BCUT2D eigenvalue weighted by molar-refractivity contribution is 5.93. The molecule has 0 aliphatic heterocycles. The molecular weight excluding hydrogens is 214 g/mol. The lowest BCUT2D eigenvalue weighted by molar-refractivity contribution is -0.0756. The van der Waals surface area contributed by atoms with E-state index in [1.807, 2.05) is 24.3 Å². The van der Waals surface area contributed by atoms with Gasteiger partial charge in [0.2, 0.25) is 0 Å². The minimum absolute atomic E-state index is 0.118. The van der Waals surface area contributed by atoms with Gasteiger partial charge >= 0.3 is 0 Å². The second kappa shape index (κ2) is 7.07. The first-order valence-corrected chi connectivity index (χ1v) is 6.10. The van der Waals surface area contributed by atoms with Crippen molar-refractivity contribution in [3.05, 3.63) is 35.4 Å². The van der Waals surface area contributed by atoms with Gasteiger partial charge in [0, 0.05) is 12.6 Å². The van der Waals surface area contributed by atoms with E-state index in [1.54, 1.807) is 7.05 Å². The highest BCUT2D eigenvalue weighted by Gasteiger charge is 2.10. The molecule has 0 saturated carbocycles. The summed E-state index contributed by atoms with van der Waals surface area (Å²) in [5, 5.41) is 1.23. The molecule has 0 aliphatic carbocycles. The van der Waals surface area contributed by atoms with E-state index in [2.05, 4.69) is 6.92 Å². The van der Waals surface area contributed by atoms with Gasteiger partial charge < -0.3 is 0 Å². The van der Waals surface area contributed by atoms with Gasteiger partial charge in [0.05, 0.1) is 7.11 Å². The molecule has 1 rings (SSSR count). The molecule has 0 atom stereocenters. The Kier molecular flexibility index (Phi) is 5.70. The first-order chi connectivity index (χ1) is 8.19. The third-order valence-corrected chi connectivity index (χ3v) is 2.83. The summed E-state index contributed by atoms with van der Waals surface area (Å²) in [6, 6.07) is 7.76. The average molecular weight is 235 g/mol. The summed E-state index contributed by atoms with van der Waals surface area (Å²) in [7, 11) is 3.09. The predicted molar refractivity (Wildman–Crippen MR) is 68.8 cm³/mol. The van der Waals surface area contributed by atoms with E-state index in [0.29, 0.717) is 5.56 Å². The Morgan fingerprint density at radius 1 is 1.24 bits per heavy atom. The SMILES string of the molecule is CCCCCc1ccc(C(=O)N(C)OC)cc1. The Hall–Kier alpha value is -1.35. The fourth-order valence-electron chi connectivity index (χ4n) is 1.66. The maximum Gasteiger partial charge on any atom is 0.277 e. The van der Waals surface area contributed by atoms with Gasteiger partial charge in [-0.3, -0.25) is 9.63 Å². The van der Waals surface area contributed by atoms with Gasteiger partial charge in [0.25, 0.3) is 5.91 Å². The van der Waals surface area contributed by atoms with E-state index in [-0.39, 0.29) is 5.91 Å². The Labute approximate surface area is 103 Å². The summed E-state index contributed by atoms with van der Waals surface area (Å²) in [5.74, 6) is -0.118. The quantitative estimate of drug-likeness (QED) is 0.560. The van der Waals surface area contributed by atoms with Crippen molar-refractivity contribution in [2.24, 2.45) is 0 Å². The highest BCUT2D eigenvalue weighted by atomic mass is 16.7. The van der Waals surface area contributed by atoms with E-state index in [0.717, 1.165) is 6.42 Å². The molecular formula is C14H21NO2. The molecule has 17 heavy (non-hydrogen) atoms. The number of aryl methyl sites for hydroxylation is 1. The number of carbonyl (C=O) groups is 1. The monoisotopic (exact) mass is 235 g/mol. The molecule has 0 spiro atoms. The lowest BCUT2D eigenvalue weighted by atomic mass is 10.1. The third kappa shape index (κ3) is 4.19. The summed E-state index contributed by atoms with van der Waals surface area (Å²) in [4.78, 5) is 16.6. The van der Waals surface area contributed by atoms with Gasteiger partial charge in [-0.1, -0.05) is 31.9 Å². The smallest absolute Gasteiger partial charge is 0.274 e. The second-order valence-corrected chi connectivity index (χ2v) is 4.14. The van der Waals surface area contributed by atoms with Gasteiger partial charge in [-0.2, -0.15) is 0 Å². The molecule has 0 fully saturated rings. The van der Waals surface area contributed by atoms with E-state index in [9.17, 15) is 4.79 Å². The largest absolute Gasteiger partial charge is 0.277 e. The predicted octanol–water partition coefficient (Wildman–Crippen LogP) is 3.05. The molecule has 0 aromatic heterocycles. The number of amides is 1. The van der Waals surface area contributed by atoms with Crippen molar-refractivity contribution in [1.82, 2.24) is 5.06 Å². The van der Waals surface area contributed by atoms with Gasteiger partial charge in [-0.15, -0.1) is 0 Å². The first kappa shape index (κ1) is 13.7. The minimum atomic E-state index is -0.118. The molecule has 0 saturated heterocycles. The van der Waals surface area contributed by atoms with Crippen molar-refractivity contribution in [3.8, 4) is 0 Å². The Morgan fingerprint density at radius 2 is 1.88 bits per heavy atom. The molecule has 3 nitrogen and oxygen atoms in total. The lowest BCUT2D eigenvalue weighted by Crippen LogP contribution is -2.25. The van der Waals surface area contributed by atoms with Crippen molar-refractivity contribution < 1.29 is 9.63 Å². The average Bonchev–Trinajstić information content (AvgIpc) is 2.38. The van der Waals surface area contributed by atoms with Crippen molar-refractivity contribution in [2.75, 3.05) is 14.2 Å². The van der Waals surface area contributed by atoms with Gasteiger partial charge in [-0.25, -0.2) is 5.06 Å². The number of hydroxylamine groups is 2. The molecule has 1 amide bonds. The zero-order valence-corrected chi connectivity index (χ0v) is 10.9. The van der Waals surface area contributed by atoms with Crippen LogP contribution >= 0.6 is 0 Å². The van der Waals surface area contributed by atoms with Crippen LogP contribution in [0.2, 0.25) is 0 Å². The Bertz CT molecular complexity index is 346. The van der Waals surface area contributed by atoms with Crippen LogP contribution in [0.1, 0.15) is 42.1 Å². The number of unbranched alkanes of at least 4 members (excludes halogenated alkanes) is 2. The fraction of sp³-hybridized carbons (Fsp3) is 0.500. The van der Waals surface area contributed by atoms with Gasteiger partial charge in [0.1, 0.15) is 0 Å². The van der Waals surface area contributed by atoms with E-state index in [4.69, 9.17) is 4.84 Å². The fourth-order valence-corrected chi connectivity index (χ4v) is 1.66. The number of hydrogen-bond donors (Lipinski definition) is 0. The summed E-state index contributed by atoms with van der Waals surface area (Å²) >= 11 is 0. The Morgan fingerprint density at radius 3 is 2.41 bits per heavy atom. The van der Waals surface area contributed by atoms with E-state index >= 15 is 0 Å². The zero-order chi connectivity index (χ0) is 12.7. The standard InChI is InChI=1S/C14H21NO2/c1-4-5-6-7-12-8-10-13(11-9-12)14(16)15(2)17-3/h8-11H,4-7H2,1-3H3. The van der Waals surface area contributed by atoms with Gasteiger partial charge in [-0.05, 0) is 30.5 Å². The summed E-state index contributed by atoms with van der Waals surface area (Å²) in [5.41, 5.74) is 1.95. The molecule has 0 N–H and O–H groups in total. The second-order valence-electron chi connectivity index (χ2n) is 4.14. The molecule has 0 radical (unpaired) electrons. The number of benzene rings is 1. The zero-order valence-electron chi connectivity index (χ0n) is 10.9. The maximum absolute atomic E-state index is 11.7. The third-order valence-electron chi connectivity index (χ3n) is 2.83. The number of rotatable bonds is 6. The number of hydrogen-bond acceptors (Lipinski definition) is 2. The molecule has 0 heterocycles. The summed E-state index contributed by atoms with van der Waals surface area (Å²) < 4.78 is 0. The molecule has 1 aromatic rings. The lowest BCUT2D eigenvalue weighted by Gasteiger charge is -2.13. The first-order valence-electron chi connectivity index (χ1n) is 6.10. The normalized spacial score (nSPS) is 10.3. The van der Waals surface area contributed by atoms with Crippen LogP contribution in [0.5, 0.6) is 0 Å². The molecule has 0 bridgehead atoms. The van der Waals surface area contributed by atoms with Crippen molar-refractivity contribution >= 4 is 5.91 Å². The van der Waals surface area contributed by atoms with Gasteiger partial charge in [0.15, 0.2) is 0 Å². The summed E-state index contributed by atoms with van der Waals surface area (Å²) in [6.07, 6.45) is 4.78. The molecule has 3 heteroatoms. The highest BCUT2D eigenvalue weighted by Crippen LogP contribution is 2.10. The van der Waals surface area contributed by atoms with Crippen LogP contribution in [-0.4, -0.2) is 25.1 Å². The molecule has 1 aromatic carbocycles. The van der Waals surface area contributed by atoms with Crippen LogP contribution in [0.25, 0.3) is 0 Å². The van der Waals surface area contributed by atoms with Crippen LogP contribution in [-0.2, 0) is 11.3 Å². The molecule has 0 aliphatic rings. The maximum atomic E-state index is 11.7. The number of carbonyl (C=O) groups excluding carboxylic acids is 1. The van der Waals surface area contributed by atoms with Crippen LogP contribution < -0.4 is 0 Å². The minimum Gasteiger partial charge on any atom is -0.274 e.